The van der Waals surface area contributed by atoms with Crippen LogP contribution in [0, 0.1) is 0 Å². The molecule has 0 aliphatic carbocycles. The number of hydrogen-bond donors (Lipinski definition) is 3. The predicted octanol–water partition coefficient (Wildman–Crippen LogP) is 5.97. The molecule has 6 N–H and O–H groups in total. The molecule has 0 aromatic heterocycles. The summed E-state index contributed by atoms with van der Waals surface area (Å²) in [7, 11) is 0. The monoisotopic (exact) mass is 397 g/mol. The minimum absolute atomic E-state index is 0.164. The van der Waals surface area contributed by atoms with Crippen molar-refractivity contribution in [2.24, 2.45) is 17.2 Å². The molecule has 0 rings (SSSR count). The smallest absolute Gasteiger partial charge is 0.217 e. The molecule has 0 aromatic rings. The Labute approximate surface area is 176 Å². The average molecular weight is 398 g/mol. The molecule has 0 aliphatic rings. The SMILES string of the molecule is CCCC(N)CCN.CCCCCCCCC=CCCCCCCCC(N)=O. The third-order valence-electron chi connectivity index (χ3n) is 4.88. The Kier molecular flexibility index (Phi) is 27.4. The molecule has 0 saturated heterocycles. The van der Waals surface area contributed by atoms with E-state index in [1.54, 1.807) is 0 Å². The summed E-state index contributed by atoms with van der Waals surface area (Å²) in [6, 6.07) is 0.338. The zero-order chi connectivity index (χ0) is 21.3. The van der Waals surface area contributed by atoms with Gasteiger partial charge in [0, 0.05) is 12.5 Å². The standard InChI is InChI=1S/C18H35NO.C6H16N2/c1-2-3-4-5-6-7-8-9-10-11-12-13-14-15-16-17-18(19)20;1-2-3-6(8)4-5-7/h9-10H,2-8,11-17H2,1H3,(H2,19,20);6H,2-5,7-8H2,1H3. The Morgan fingerprint density at radius 2 is 1.25 bits per heavy atom. The molecule has 0 radical (unpaired) electrons. The lowest BCUT2D eigenvalue weighted by molar-refractivity contribution is -0.118. The van der Waals surface area contributed by atoms with E-state index in [4.69, 9.17) is 17.2 Å². The van der Waals surface area contributed by atoms with E-state index in [-0.39, 0.29) is 5.91 Å². The highest BCUT2D eigenvalue weighted by Crippen LogP contribution is 2.09. The Bertz CT molecular complexity index is 326. The number of nitrogens with two attached hydrogens (primary N) is 3. The maximum absolute atomic E-state index is 10.5. The van der Waals surface area contributed by atoms with E-state index in [9.17, 15) is 4.79 Å². The Morgan fingerprint density at radius 3 is 1.71 bits per heavy atom. The van der Waals surface area contributed by atoms with Crippen LogP contribution in [0.2, 0.25) is 0 Å². The van der Waals surface area contributed by atoms with Crippen LogP contribution in [0.1, 0.15) is 123 Å². The molecule has 4 heteroatoms. The lowest BCUT2D eigenvalue weighted by Crippen LogP contribution is -2.22. The summed E-state index contributed by atoms with van der Waals surface area (Å²) in [5.41, 5.74) is 16.0. The van der Waals surface area contributed by atoms with Gasteiger partial charge < -0.3 is 17.2 Å². The number of rotatable bonds is 19. The number of unbranched alkanes of at least 4 members (excludes halogenated alkanes) is 11. The number of hydrogen-bond acceptors (Lipinski definition) is 3. The quantitative estimate of drug-likeness (QED) is 0.185. The van der Waals surface area contributed by atoms with Crippen LogP contribution in [0.3, 0.4) is 0 Å². The van der Waals surface area contributed by atoms with Gasteiger partial charge in [0.15, 0.2) is 0 Å². The molecule has 0 fully saturated rings. The molecule has 0 heterocycles. The Morgan fingerprint density at radius 1 is 0.750 bits per heavy atom. The summed E-state index contributed by atoms with van der Waals surface area (Å²) >= 11 is 0. The van der Waals surface area contributed by atoms with Gasteiger partial charge in [-0.3, -0.25) is 4.79 Å². The number of primary amides is 1. The van der Waals surface area contributed by atoms with E-state index in [0.29, 0.717) is 12.5 Å². The van der Waals surface area contributed by atoms with Crippen LogP contribution in [-0.2, 0) is 4.79 Å². The third-order valence-corrected chi connectivity index (χ3v) is 4.88. The third kappa shape index (κ3) is 29.9. The topological polar surface area (TPSA) is 95.1 Å². The summed E-state index contributed by atoms with van der Waals surface area (Å²) in [5, 5.41) is 0. The van der Waals surface area contributed by atoms with Crippen molar-refractivity contribution in [1.29, 1.82) is 0 Å². The highest BCUT2D eigenvalue weighted by molar-refractivity contribution is 5.73. The summed E-state index contributed by atoms with van der Waals surface area (Å²) in [6.45, 7) is 5.12. The van der Waals surface area contributed by atoms with E-state index in [0.717, 1.165) is 32.2 Å². The predicted molar refractivity (Wildman–Crippen MR) is 125 cm³/mol. The first-order chi connectivity index (χ1) is 13.6. The molecule has 0 aliphatic heterocycles. The number of carbonyl (C=O) groups is 1. The van der Waals surface area contributed by atoms with Gasteiger partial charge in [-0.25, -0.2) is 0 Å². The molecule has 4 nitrogen and oxygen atoms in total. The summed E-state index contributed by atoms with van der Waals surface area (Å²) in [6.07, 6.45) is 25.2. The zero-order valence-corrected chi connectivity index (χ0v) is 19.1. The molecule has 168 valence electrons. The van der Waals surface area contributed by atoms with Gasteiger partial charge in [0.2, 0.25) is 5.91 Å². The van der Waals surface area contributed by atoms with Crippen LogP contribution in [-0.4, -0.2) is 18.5 Å². The van der Waals surface area contributed by atoms with Crippen molar-refractivity contribution >= 4 is 5.91 Å². The van der Waals surface area contributed by atoms with E-state index in [2.05, 4.69) is 26.0 Å². The van der Waals surface area contributed by atoms with Crippen LogP contribution in [0.15, 0.2) is 12.2 Å². The van der Waals surface area contributed by atoms with Crippen LogP contribution in [0.5, 0.6) is 0 Å². The normalized spacial score (nSPS) is 12.0. The summed E-state index contributed by atoms with van der Waals surface area (Å²) in [5.74, 6) is -0.164. The number of carbonyl (C=O) groups excluding carboxylic acids is 1. The maximum atomic E-state index is 10.5. The van der Waals surface area contributed by atoms with Crippen molar-refractivity contribution < 1.29 is 4.79 Å². The fourth-order valence-electron chi connectivity index (χ4n) is 3.10. The Balaban J connectivity index is 0. The highest BCUT2D eigenvalue weighted by Gasteiger charge is 1.96. The van der Waals surface area contributed by atoms with Crippen molar-refractivity contribution in [1.82, 2.24) is 0 Å². The molecule has 28 heavy (non-hydrogen) atoms. The van der Waals surface area contributed by atoms with Crippen molar-refractivity contribution in [2.75, 3.05) is 6.54 Å². The van der Waals surface area contributed by atoms with Crippen molar-refractivity contribution in [3.05, 3.63) is 12.2 Å². The van der Waals surface area contributed by atoms with Crippen LogP contribution in [0.4, 0.5) is 0 Å². The fourth-order valence-corrected chi connectivity index (χ4v) is 3.10. The van der Waals surface area contributed by atoms with Gasteiger partial charge in [0.25, 0.3) is 0 Å². The second kappa shape index (κ2) is 26.1. The first-order valence-electron chi connectivity index (χ1n) is 12.0. The lowest BCUT2D eigenvalue weighted by Gasteiger charge is -2.05. The Hall–Kier alpha value is -0.870. The summed E-state index contributed by atoms with van der Waals surface area (Å²) < 4.78 is 0. The first-order valence-corrected chi connectivity index (χ1v) is 12.0. The van der Waals surface area contributed by atoms with Gasteiger partial charge in [-0.15, -0.1) is 0 Å². The molecular weight excluding hydrogens is 346 g/mol. The van der Waals surface area contributed by atoms with E-state index in [1.807, 2.05) is 0 Å². The van der Waals surface area contributed by atoms with Gasteiger partial charge >= 0.3 is 0 Å². The first kappa shape index (κ1) is 29.3. The van der Waals surface area contributed by atoms with Gasteiger partial charge in [0.05, 0.1) is 0 Å². The van der Waals surface area contributed by atoms with E-state index < -0.39 is 0 Å². The van der Waals surface area contributed by atoms with Crippen LogP contribution in [0.25, 0.3) is 0 Å². The summed E-state index contributed by atoms with van der Waals surface area (Å²) in [4.78, 5) is 10.5. The van der Waals surface area contributed by atoms with Gasteiger partial charge in [0.1, 0.15) is 0 Å². The molecular formula is C24H51N3O. The minimum atomic E-state index is -0.164. The fraction of sp³-hybridized carbons (Fsp3) is 0.875. The number of allylic oxidation sites excluding steroid dienone is 2. The second-order valence-corrected chi connectivity index (χ2v) is 7.93. The molecule has 0 saturated carbocycles. The molecule has 1 unspecified atom stereocenters. The minimum Gasteiger partial charge on any atom is -0.370 e. The average Bonchev–Trinajstić information content (AvgIpc) is 2.65. The van der Waals surface area contributed by atoms with Crippen molar-refractivity contribution in [2.45, 2.75) is 129 Å². The molecule has 0 spiro atoms. The van der Waals surface area contributed by atoms with E-state index >= 15 is 0 Å². The van der Waals surface area contributed by atoms with Gasteiger partial charge in [-0.1, -0.05) is 83.8 Å². The molecule has 0 aromatic carbocycles. The molecule has 1 atom stereocenters. The van der Waals surface area contributed by atoms with E-state index in [1.165, 1.54) is 77.0 Å². The van der Waals surface area contributed by atoms with Crippen molar-refractivity contribution in [3.63, 3.8) is 0 Å². The zero-order valence-electron chi connectivity index (χ0n) is 19.1. The molecule has 0 bridgehead atoms. The van der Waals surface area contributed by atoms with Gasteiger partial charge in [-0.2, -0.15) is 0 Å². The van der Waals surface area contributed by atoms with Crippen LogP contribution < -0.4 is 17.2 Å². The highest BCUT2D eigenvalue weighted by atomic mass is 16.1. The lowest BCUT2D eigenvalue weighted by atomic mass is 10.1. The molecule has 1 amide bonds. The largest absolute Gasteiger partial charge is 0.370 e. The number of amides is 1. The second-order valence-electron chi connectivity index (χ2n) is 7.93. The van der Waals surface area contributed by atoms with Crippen molar-refractivity contribution in [3.8, 4) is 0 Å². The van der Waals surface area contributed by atoms with Gasteiger partial charge in [-0.05, 0) is 51.5 Å². The van der Waals surface area contributed by atoms with Crippen LogP contribution >= 0.6 is 0 Å². The maximum Gasteiger partial charge on any atom is 0.217 e.